The predicted octanol–water partition coefficient (Wildman–Crippen LogP) is 1.42. The van der Waals surface area contributed by atoms with Crippen LogP contribution in [0, 0.1) is 5.92 Å². The molecule has 18 heavy (non-hydrogen) atoms. The van der Waals surface area contributed by atoms with Crippen LogP contribution in [0.2, 0.25) is 0 Å². The first-order valence-corrected chi connectivity index (χ1v) is 7.64. The Labute approximate surface area is 108 Å². The summed E-state index contributed by atoms with van der Waals surface area (Å²) in [5.74, 6) is 1.04. The van der Waals surface area contributed by atoms with Crippen LogP contribution < -0.4 is 5.32 Å². The van der Waals surface area contributed by atoms with Gasteiger partial charge in [-0.2, -0.15) is 4.31 Å². The number of hydrogen-bond acceptors (Lipinski definition) is 4. The molecule has 0 spiro atoms. The Kier molecular flexibility index (Phi) is 3.79. The Morgan fingerprint density at radius 3 is 2.72 bits per heavy atom. The highest BCUT2D eigenvalue weighted by Crippen LogP contribution is 2.29. The number of nitrogens with zero attached hydrogens (tertiary/aromatic N) is 1. The van der Waals surface area contributed by atoms with E-state index in [0.29, 0.717) is 24.8 Å². The molecule has 5 nitrogen and oxygen atoms in total. The third kappa shape index (κ3) is 2.46. The van der Waals surface area contributed by atoms with Gasteiger partial charge in [0.05, 0.1) is 6.54 Å². The van der Waals surface area contributed by atoms with Gasteiger partial charge in [-0.3, -0.25) is 0 Å². The highest BCUT2D eigenvalue weighted by Gasteiger charge is 2.37. The second-order valence-electron chi connectivity index (χ2n) is 5.02. The van der Waals surface area contributed by atoms with Crippen molar-refractivity contribution in [3.05, 3.63) is 17.9 Å². The zero-order chi connectivity index (χ0) is 13.3. The molecule has 1 saturated heterocycles. The van der Waals surface area contributed by atoms with Crippen LogP contribution in [0.5, 0.6) is 0 Å². The molecule has 1 aromatic heterocycles. The fourth-order valence-corrected chi connectivity index (χ4v) is 4.17. The minimum Gasteiger partial charge on any atom is -0.447 e. The van der Waals surface area contributed by atoms with E-state index in [1.54, 1.807) is 17.4 Å². The van der Waals surface area contributed by atoms with Crippen molar-refractivity contribution in [2.75, 3.05) is 13.6 Å². The normalized spacial score (nSPS) is 25.7. The van der Waals surface area contributed by atoms with Crippen LogP contribution >= 0.6 is 0 Å². The average molecular weight is 272 g/mol. The smallest absolute Gasteiger partial charge is 0.276 e. The number of furan rings is 1. The molecule has 2 heterocycles. The topological polar surface area (TPSA) is 62.6 Å². The number of hydrogen-bond donors (Lipinski definition) is 1. The van der Waals surface area contributed by atoms with Crippen LogP contribution in [0.1, 0.15) is 26.0 Å². The number of sulfonamides is 1. The van der Waals surface area contributed by atoms with Gasteiger partial charge < -0.3 is 9.73 Å². The van der Waals surface area contributed by atoms with Crippen LogP contribution in [0.4, 0.5) is 0 Å². The minimum atomic E-state index is -3.48. The molecule has 6 heteroatoms. The first kappa shape index (κ1) is 13.6. The second-order valence-corrected chi connectivity index (χ2v) is 6.84. The fourth-order valence-electron chi connectivity index (χ4n) is 2.48. The summed E-state index contributed by atoms with van der Waals surface area (Å²) in [6, 6.07) is 3.29. The van der Waals surface area contributed by atoms with E-state index in [0.717, 1.165) is 6.42 Å². The van der Waals surface area contributed by atoms with Crippen LogP contribution in [0.25, 0.3) is 0 Å². The molecular formula is C12H20N2O3S. The molecule has 2 atom stereocenters. The van der Waals surface area contributed by atoms with Crippen LogP contribution in [-0.2, 0) is 16.6 Å². The molecule has 0 saturated carbocycles. The lowest BCUT2D eigenvalue weighted by Crippen LogP contribution is -2.33. The predicted molar refractivity (Wildman–Crippen MR) is 68.6 cm³/mol. The van der Waals surface area contributed by atoms with Gasteiger partial charge in [-0.05, 0) is 38.4 Å². The summed E-state index contributed by atoms with van der Waals surface area (Å²) in [6.07, 6.45) is 0.906. The number of nitrogens with one attached hydrogen (secondary N) is 1. The highest BCUT2D eigenvalue weighted by molar-refractivity contribution is 7.89. The van der Waals surface area contributed by atoms with Crippen molar-refractivity contribution in [3.63, 3.8) is 0 Å². The molecule has 0 bridgehead atoms. The van der Waals surface area contributed by atoms with E-state index in [1.807, 2.05) is 6.92 Å². The quantitative estimate of drug-likeness (QED) is 0.900. The average Bonchev–Trinajstić information content (AvgIpc) is 2.86. The van der Waals surface area contributed by atoms with E-state index in [2.05, 4.69) is 12.2 Å². The van der Waals surface area contributed by atoms with Crippen molar-refractivity contribution in [1.29, 1.82) is 0 Å². The first-order valence-electron chi connectivity index (χ1n) is 6.20. The van der Waals surface area contributed by atoms with Gasteiger partial charge in [0, 0.05) is 12.6 Å². The standard InChI is InChI=1S/C12H20N2O3S/c1-9-6-10(2)14(8-9)18(15,16)12-5-4-11(17-12)7-13-3/h4-5,9-10,13H,6-8H2,1-3H3. The van der Waals surface area contributed by atoms with Crippen molar-refractivity contribution in [2.45, 2.75) is 37.9 Å². The summed E-state index contributed by atoms with van der Waals surface area (Å²) in [5.41, 5.74) is 0. The van der Waals surface area contributed by atoms with Gasteiger partial charge in [-0.15, -0.1) is 0 Å². The van der Waals surface area contributed by atoms with E-state index in [4.69, 9.17) is 4.42 Å². The lowest BCUT2D eigenvalue weighted by molar-refractivity contribution is 0.360. The van der Waals surface area contributed by atoms with E-state index in [9.17, 15) is 8.42 Å². The van der Waals surface area contributed by atoms with Crippen LogP contribution in [-0.4, -0.2) is 32.4 Å². The van der Waals surface area contributed by atoms with Crippen molar-refractivity contribution in [2.24, 2.45) is 5.92 Å². The zero-order valence-electron chi connectivity index (χ0n) is 11.0. The molecule has 0 aliphatic carbocycles. The number of rotatable bonds is 4. The molecule has 0 radical (unpaired) electrons. The van der Waals surface area contributed by atoms with E-state index >= 15 is 0 Å². The van der Waals surface area contributed by atoms with Gasteiger partial charge in [0.15, 0.2) is 0 Å². The first-order chi connectivity index (χ1) is 8.45. The molecule has 1 N–H and O–H groups in total. The molecule has 102 valence electrons. The third-order valence-electron chi connectivity index (χ3n) is 3.28. The summed E-state index contributed by atoms with van der Waals surface area (Å²) in [7, 11) is -1.69. The SMILES string of the molecule is CNCc1ccc(S(=O)(=O)N2CC(C)CC2C)o1. The fraction of sp³-hybridized carbons (Fsp3) is 0.667. The molecule has 1 aliphatic heterocycles. The molecule has 1 aliphatic rings. The lowest BCUT2D eigenvalue weighted by Gasteiger charge is -2.19. The van der Waals surface area contributed by atoms with Crippen molar-refractivity contribution in [1.82, 2.24) is 9.62 Å². The van der Waals surface area contributed by atoms with Gasteiger partial charge in [-0.1, -0.05) is 6.92 Å². The Hall–Kier alpha value is -0.850. The van der Waals surface area contributed by atoms with E-state index in [-0.39, 0.29) is 11.1 Å². The summed E-state index contributed by atoms with van der Waals surface area (Å²) in [5, 5.41) is 2.98. The molecule has 0 aromatic carbocycles. The van der Waals surface area contributed by atoms with Gasteiger partial charge in [0.25, 0.3) is 10.0 Å². The highest BCUT2D eigenvalue weighted by atomic mass is 32.2. The second kappa shape index (κ2) is 5.03. The van der Waals surface area contributed by atoms with Gasteiger partial charge in [0.1, 0.15) is 5.76 Å². The summed E-state index contributed by atoms with van der Waals surface area (Å²) in [4.78, 5) is 0. The Bertz CT molecular complexity index is 509. The van der Waals surface area contributed by atoms with Crippen molar-refractivity contribution < 1.29 is 12.8 Å². The van der Waals surface area contributed by atoms with E-state index in [1.165, 1.54) is 6.07 Å². The maximum absolute atomic E-state index is 12.4. The van der Waals surface area contributed by atoms with Gasteiger partial charge >= 0.3 is 0 Å². The van der Waals surface area contributed by atoms with Crippen LogP contribution in [0.15, 0.2) is 21.6 Å². The van der Waals surface area contributed by atoms with Gasteiger partial charge in [0.2, 0.25) is 5.09 Å². The lowest BCUT2D eigenvalue weighted by atomic mass is 10.1. The Morgan fingerprint density at radius 1 is 1.44 bits per heavy atom. The molecular weight excluding hydrogens is 252 g/mol. The summed E-state index contributed by atoms with van der Waals surface area (Å²) < 4.78 is 31.8. The largest absolute Gasteiger partial charge is 0.447 e. The summed E-state index contributed by atoms with van der Waals surface area (Å²) >= 11 is 0. The van der Waals surface area contributed by atoms with Gasteiger partial charge in [-0.25, -0.2) is 8.42 Å². The maximum Gasteiger partial charge on any atom is 0.276 e. The maximum atomic E-state index is 12.4. The van der Waals surface area contributed by atoms with E-state index < -0.39 is 10.0 Å². The van der Waals surface area contributed by atoms with Crippen molar-refractivity contribution >= 4 is 10.0 Å². The Balaban J connectivity index is 2.24. The Morgan fingerprint density at radius 2 is 2.17 bits per heavy atom. The third-order valence-corrected chi connectivity index (χ3v) is 5.13. The molecule has 0 amide bonds. The minimum absolute atomic E-state index is 0.0443. The molecule has 1 aromatic rings. The molecule has 2 rings (SSSR count). The zero-order valence-corrected chi connectivity index (χ0v) is 11.8. The van der Waals surface area contributed by atoms with Crippen LogP contribution in [0.3, 0.4) is 0 Å². The monoisotopic (exact) mass is 272 g/mol. The molecule has 1 fully saturated rings. The molecule has 2 unspecified atom stereocenters. The summed E-state index contributed by atoms with van der Waals surface area (Å²) in [6.45, 7) is 5.12. The van der Waals surface area contributed by atoms with Crippen molar-refractivity contribution in [3.8, 4) is 0 Å².